The van der Waals surface area contributed by atoms with E-state index in [1.165, 1.54) is 5.56 Å². The summed E-state index contributed by atoms with van der Waals surface area (Å²) in [6.45, 7) is 6.89. The van der Waals surface area contributed by atoms with E-state index in [4.69, 9.17) is 16.3 Å². The van der Waals surface area contributed by atoms with Crippen LogP contribution in [0.2, 0.25) is 5.15 Å². The number of nitrogens with one attached hydrogen (secondary N) is 2. The molecular weight excluding hydrogens is 276 g/mol. The molecule has 1 aromatic heterocycles. The van der Waals surface area contributed by atoms with Crippen LogP contribution in [0, 0.1) is 0 Å². The van der Waals surface area contributed by atoms with Crippen LogP contribution in [0.1, 0.15) is 5.56 Å². The van der Waals surface area contributed by atoms with Gasteiger partial charge in [-0.2, -0.15) is 0 Å². The number of nitrogens with zero attached hydrogens (tertiary/aromatic N) is 2. The lowest BCUT2D eigenvalue weighted by Gasteiger charge is -2.26. The molecule has 1 fully saturated rings. The van der Waals surface area contributed by atoms with Crippen LogP contribution in [0.5, 0.6) is 0 Å². The highest BCUT2D eigenvalue weighted by Crippen LogP contribution is 2.30. The molecule has 5 nitrogen and oxygen atoms in total. The Balaban J connectivity index is 1.37. The normalized spacial score (nSPS) is 22.6. The van der Waals surface area contributed by atoms with Crippen molar-refractivity contribution in [2.24, 2.45) is 0 Å². The molecule has 1 atom stereocenters. The summed E-state index contributed by atoms with van der Waals surface area (Å²) in [4.78, 5) is 6.55. The summed E-state index contributed by atoms with van der Waals surface area (Å²) < 4.78 is 5.34. The van der Waals surface area contributed by atoms with Crippen LogP contribution in [-0.4, -0.2) is 61.9 Å². The molecule has 1 aromatic rings. The molecule has 0 aromatic carbocycles. The molecule has 0 saturated carbocycles. The standard InChI is InChI=1S/C14H21ClN4O/c15-14-13-11(1-2-17-14)9-12(18-13)10-16-3-4-19-5-7-20-8-6-19/h1-2,12,16,18H,3-10H2. The van der Waals surface area contributed by atoms with E-state index < -0.39 is 0 Å². The quantitative estimate of drug-likeness (QED) is 0.627. The van der Waals surface area contributed by atoms with Crippen LogP contribution >= 0.6 is 11.6 Å². The first kappa shape index (κ1) is 14.1. The molecule has 0 spiro atoms. The second-order valence-corrected chi connectivity index (χ2v) is 5.70. The highest BCUT2D eigenvalue weighted by molar-refractivity contribution is 6.32. The molecular formula is C14H21ClN4O. The Morgan fingerprint density at radius 3 is 3.10 bits per heavy atom. The van der Waals surface area contributed by atoms with Gasteiger partial charge in [-0.1, -0.05) is 11.6 Å². The van der Waals surface area contributed by atoms with Gasteiger partial charge in [0.1, 0.15) is 0 Å². The molecule has 0 radical (unpaired) electrons. The Morgan fingerprint density at radius 2 is 2.30 bits per heavy atom. The number of aromatic nitrogens is 1. The van der Waals surface area contributed by atoms with E-state index in [-0.39, 0.29) is 0 Å². The Kier molecular flexibility index (Phi) is 4.73. The first-order valence-corrected chi connectivity index (χ1v) is 7.61. The summed E-state index contributed by atoms with van der Waals surface area (Å²) in [6.07, 6.45) is 2.79. The molecule has 0 aliphatic carbocycles. The van der Waals surface area contributed by atoms with Gasteiger partial charge in [0.05, 0.1) is 18.9 Å². The predicted molar refractivity (Wildman–Crippen MR) is 80.5 cm³/mol. The minimum absolute atomic E-state index is 0.413. The van der Waals surface area contributed by atoms with Crippen molar-refractivity contribution < 1.29 is 4.74 Å². The van der Waals surface area contributed by atoms with Crippen LogP contribution in [-0.2, 0) is 11.2 Å². The van der Waals surface area contributed by atoms with Gasteiger partial charge in [0.25, 0.3) is 0 Å². The monoisotopic (exact) mass is 296 g/mol. The fraction of sp³-hybridized carbons (Fsp3) is 0.643. The van der Waals surface area contributed by atoms with Gasteiger partial charge in [-0.05, 0) is 18.1 Å². The van der Waals surface area contributed by atoms with E-state index >= 15 is 0 Å². The molecule has 2 aliphatic rings. The second kappa shape index (κ2) is 6.72. The average Bonchev–Trinajstić information content (AvgIpc) is 2.89. The summed E-state index contributed by atoms with van der Waals surface area (Å²) in [7, 11) is 0. The number of ether oxygens (including phenoxy) is 1. The van der Waals surface area contributed by atoms with E-state index in [0.29, 0.717) is 11.2 Å². The number of rotatable bonds is 5. The van der Waals surface area contributed by atoms with Gasteiger partial charge < -0.3 is 15.4 Å². The van der Waals surface area contributed by atoms with Crippen molar-refractivity contribution in [1.29, 1.82) is 0 Å². The maximum absolute atomic E-state index is 6.09. The predicted octanol–water partition coefficient (Wildman–Crippen LogP) is 0.993. The molecule has 6 heteroatoms. The maximum atomic E-state index is 6.09. The topological polar surface area (TPSA) is 49.4 Å². The van der Waals surface area contributed by atoms with Gasteiger partial charge in [-0.25, -0.2) is 4.98 Å². The van der Waals surface area contributed by atoms with Crippen LogP contribution in [0.3, 0.4) is 0 Å². The Hall–Kier alpha value is -0.880. The molecule has 20 heavy (non-hydrogen) atoms. The number of anilines is 1. The fourth-order valence-corrected chi connectivity index (χ4v) is 3.01. The van der Waals surface area contributed by atoms with E-state index in [1.807, 2.05) is 6.07 Å². The lowest BCUT2D eigenvalue weighted by molar-refractivity contribution is 0.0384. The summed E-state index contributed by atoms with van der Waals surface area (Å²) in [5, 5.41) is 7.55. The van der Waals surface area contributed by atoms with Gasteiger partial charge in [0.15, 0.2) is 5.15 Å². The third kappa shape index (κ3) is 3.41. The first-order chi connectivity index (χ1) is 9.83. The zero-order valence-electron chi connectivity index (χ0n) is 11.6. The number of pyridine rings is 1. The molecule has 2 aliphatic heterocycles. The van der Waals surface area contributed by atoms with Crippen molar-refractivity contribution in [3.8, 4) is 0 Å². The van der Waals surface area contributed by atoms with Crippen molar-refractivity contribution in [1.82, 2.24) is 15.2 Å². The minimum atomic E-state index is 0.413. The van der Waals surface area contributed by atoms with Gasteiger partial charge >= 0.3 is 0 Å². The minimum Gasteiger partial charge on any atom is -0.379 e. The number of halogens is 1. The smallest absolute Gasteiger partial charge is 0.152 e. The highest BCUT2D eigenvalue weighted by Gasteiger charge is 2.22. The van der Waals surface area contributed by atoms with Crippen molar-refractivity contribution in [2.75, 3.05) is 51.3 Å². The molecule has 0 bridgehead atoms. The lowest BCUT2D eigenvalue weighted by Crippen LogP contribution is -2.42. The largest absolute Gasteiger partial charge is 0.379 e. The molecule has 110 valence electrons. The fourth-order valence-electron chi connectivity index (χ4n) is 2.78. The molecule has 0 amide bonds. The molecule has 1 unspecified atom stereocenters. The van der Waals surface area contributed by atoms with Gasteiger partial charge in [0.2, 0.25) is 0 Å². The zero-order chi connectivity index (χ0) is 13.8. The van der Waals surface area contributed by atoms with E-state index in [0.717, 1.165) is 58.0 Å². The van der Waals surface area contributed by atoms with Crippen LogP contribution < -0.4 is 10.6 Å². The molecule has 3 heterocycles. The third-order valence-electron chi connectivity index (χ3n) is 3.91. The Labute approximate surface area is 124 Å². The molecule has 3 rings (SSSR count). The summed E-state index contributed by atoms with van der Waals surface area (Å²) in [6, 6.07) is 2.46. The van der Waals surface area contributed by atoms with Crippen molar-refractivity contribution in [3.63, 3.8) is 0 Å². The Bertz CT molecular complexity index is 451. The third-order valence-corrected chi connectivity index (χ3v) is 4.19. The summed E-state index contributed by atoms with van der Waals surface area (Å²) in [5.74, 6) is 0. The van der Waals surface area contributed by atoms with Crippen molar-refractivity contribution in [2.45, 2.75) is 12.5 Å². The van der Waals surface area contributed by atoms with E-state index in [1.54, 1.807) is 6.20 Å². The van der Waals surface area contributed by atoms with Crippen molar-refractivity contribution in [3.05, 3.63) is 23.0 Å². The molecule has 1 saturated heterocycles. The number of hydrogen-bond acceptors (Lipinski definition) is 5. The van der Waals surface area contributed by atoms with Crippen molar-refractivity contribution >= 4 is 17.3 Å². The van der Waals surface area contributed by atoms with Crippen LogP contribution in [0.15, 0.2) is 12.3 Å². The maximum Gasteiger partial charge on any atom is 0.152 e. The van der Waals surface area contributed by atoms with Crippen LogP contribution in [0.25, 0.3) is 0 Å². The number of fused-ring (bicyclic) bond motifs is 1. The summed E-state index contributed by atoms with van der Waals surface area (Å²) in [5.41, 5.74) is 2.28. The zero-order valence-corrected chi connectivity index (χ0v) is 12.3. The van der Waals surface area contributed by atoms with Crippen LogP contribution in [0.4, 0.5) is 5.69 Å². The van der Waals surface area contributed by atoms with Gasteiger partial charge in [0, 0.05) is 45.0 Å². The SMILES string of the molecule is Clc1nccc2c1NC(CNCCN1CCOCC1)C2. The number of hydrogen-bond donors (Lipinski definition) is 2. The Morgan fingerprint density at radius 1 is 1.45 bits per heavy atom. The van der Waals surface area contributed by atoms with E-state index in [2.05, 4.69) is 20.5 Å². The van der Waals surface area contributed by atoms with E-state index in [9.17, 15) is 0 Å². The van der Waals surface area contributed by atoms with Gasteiger partial charge in [-0.15, -0.1) is 0 Å². The lowest BCUT2D eigenvalue weighted by atomic mass is 10.1. The first-order valence-electron chi connectivity index (χ1n) is 7.23. The second-order valence-electron chi connectivity index (χ2n) is 5.34. The average molecular weight is 297 g/mol. The van der Waals surface area contributed by atoms with Gasteiger partial charge in [-0.3, -0.25) is 4.90 Å². The summed E-state index contributed by atoms with van der Waals surface area (Å²) >= 11 is 6.09. The number of morpholine rings is 1. The molecule has 2 N–H and O–H groups in total. The highest BCUT2D eigenvalue weighted by atomic mass is 35.5.